The molecule has 0 amide bonds. The fraction of sp³-hybridized carbons (Fsp3) is 0.432. The van der Waals surface area contributed by atoms with Crippen LogP contribution in [0.1, 0.15) is 59.1 Å². The highest BCUT2D eigenvalue weighted by molar-refractivity contribution is 14.1. The summed E-state index contributed by atoms with van der Waals surface area (Å²) in [4.78, 5) is 12.7. The van der Waals surface area contributed by atoms with E-state index in [1.54, 1.807) is 0 Å². The molecule has 0 aromatic heterocycles. The SMILES string of the molecule is CC(=O)O[C@@H]1[C@H](O[Si](c2ccccc2)(c2ccccc2)C(C)(C)C)[C@@H](I)[C@@H](O[C@H]2[C@H](C)O[C@@H](OCc3ccccc3)C[C@H]2OCc2ccccc2)O[C@H]1C. The van der Waals surface area contributed by atoms with E-state index in [9.17, 15) is 4.79 Å². The highest BCUT2D eigenvalue weighted by atomic mass is 127. The number of esters is 1. The molecule has 8 nitrogen and oxygen atoms in total. The third-order valence-corrected chi connectivity index (χ3v) is 16.6. The van der Waals surface area contributed by atoms with Gasteiger partial charge >= 0.3 is 5.97 Å². The first kappa shape index (κ1) is 40.7. The van der Waals surface area contributed by atoms with Crippen LogP contribution in [0.4, 0.5) is 0 Å². The standard InChI is InChI=1S/C44H53IO8Si/c1-30-40(37(47-28-33-19-11-7-12-20-33)27-38(49-30)48-29-34-21-13-8-14-22-34)52-43-39(45)42(41(31(2)50-43)51-32(3)46)53-54(44(4,5)6,35-23-15-9-16-24-35)36-25-17-10-18-26-36/h7-26,30-31,37-43H,27-29H2,1-6H3/t30-,31-,37+,38+,39+,40-,41-,42+,43+/m0/s1. The minimum absolute atomic E-state index is 0.304. The van der Waals surface area contributed by atoms with Gasteiger partial charge in [0.25, 0.3) is 8.32 Å². The van der Waals surface area contributed by atoms with Crippen molar-refractivity contribution < 1.29 is 37.6 Å². The maximum Gasteiger partial charge on any atom is 0.303 e. The molecule has 6 rings (SSSR count). The van der Waals surface area contributed by atoms with Gasteiger partial charge in [-0.3, -0.25) is 4.79 Å². The van der Waals surface area contributed by atoms with Gasteiger partial charge in [-0.2, -0.15) is 0 Å². The lowest BCUT2D eigenvalue weighted by Crippen LogP contribution is -2.71. The number of benzene rings is 4. The zero-order chi connectivity index (χ0) is 38.3. The second-order valence-electron chi connectivity index (χ2n) is 15.2. The Bertz CT molecular complexity index is 1700. The van der Waals surface area contributed by atoms with Crippen LogP contribution in [0.3, 0.4) is 0 Å². The number of halogens is 1. The molecule has 0 spiro atoms. The molecule has 2 aliphatic heterocycles. The van der Waals surface area contributed by atoms with Crippen molar-refractivity contribution >= 4 is 47.3 Å². The number of carbonyl (C=O) groups is 1. The third-order valence-electron chi connectivity index (χ3n) is 10.2. The monoisotopic (exact) mass is 864 g/mol. The summed E-state index contributed by atoms with van der Waals surface area (Å²) >= 11 is 2.37. The quantitative estimate of drug-likeness (QED) is 0.0585. The molecule has 288 valence electrons. The predicted molar refractivity (Wildman–Crippen MR) is 220 cm³/mol. The maximum absolute atomic E-state index is 12.7. The molecule has 0 saturated carbocycles. The Morgan fingerprint density at radius 3 is 1.69 bits per heavy atom. The average Bonchev–Trinajstić information content (AvgIpc) is 3.17. The van der Waals surface area contributed by atoms with Gasteiger partial charge in [-0.1, -0.05) is 165 Å². The van der Waals surface area contributed by atoms with E-state index >= 15 is 0 Å². The van der Waals surface area contributed by atoms with Crippen molar-refractivity contribution in [2.45, 2.75) is 119 Å². The first-order valence-electron chi connectivity index (χ1n) is 18.8. The summed E-state index contributed by atoms with van der Waals surface area (Å²) in [6.07, 6.45) is -3.74. The zero-order valence-corrected chi connectivity index (χ0v) is 35.2. The number of hydrogen-bond donors (Lipinski definition) is 0. The van der Waals surface area contributed by atoms with Crippen molar-refractivity contribution in [3.8, 4) is 0 Å². The van der Waals surface area contributed by atoms with Crippen molar-refractivity contribution in [3.63, 3.8) is 0 Å². The average molecular weight is 865 g/mol. The van der Waals surface area contributed by atoms with E-state index in [0.717, 1.165) is 21.5 Å². The van der Waals surface area contributed by atoms with Crippen LogP contribution in [0.15, 0.2) is 121 Å². The Balaban J connectivity index is 1.31. The second kappa shape index (κ2) is 18.3. The van der Waals surface area contributed by atoms with Crippen molar-refractivity contribution in [3.05, 3.63) is 132 Å². The fourth-order valence-electron chi connectivity index (χ4n) is 7.62. The lowest BCUT2D eigenvalue weighted by molar-refractivity contribution is -0.314. The Hall–Kier alpha value is -2.94. The number of hydrogen-bond acceptors (Lipinski definition) is 8. The normalized spacial score (nSPS) is 27.6. The molecule has 0 radical (unpaired) electrons. The maximum atomic E-state index is 12.7. The van der Waals surface area contributed by atoms with Crippen LogP contribution in [0.25, 0.3) is 0 Å². The molecule has 0 aliphatic carbocycles. The first-order valence-corrected chi connectivity index (χ1v) is 22.0. The molecule has 2 saturated heterocycles. The van der Waals surface area contributed by atoms with Crippen LogP contribution in [-0.4, -0.2) is 67.4 Å². The molecule has 2 heterocycles. The van der Waals surface area contributed by atoms with Gasteiger partial charge in [0.05, 0.1) is 35.5 Å². The van der Waals surface area contributed by atoms with Crippen LogP contribution >= 0.6 is 22.6 Å². The molecule has 4 aromatic carbocycles. The Morgan fingerprint density at radius 1 is 0.704 bits per heavy atom. The van der Waals surface area contributed by atoms with E-state index in [4.69, 9.17) is 32.8 Å². The Labute approximate surface area is 335 Å². The molecule has 2 fully saturated rings. The van der Waals surface area contributed by atoms with Crippen molar-refractivity contribution in [2.75, 3.05) is 0 Å². The van der Waals surface area contributed by atoms with Crippen LogP contribution in [0.5, 0.6) is 0 Å². The molecule has 4 aromatic rings. The summed E-state index contributed by atoms with van der Waals surface area (Å²) in [6, 6.07) is 41.2. The lowest BCUT2D eigenvalue weighted by atomic mass is 10.00. The van der Waals surface area contributed by atoms with Crippen molar-refractivity contribution in [1.82, 2.24) is 0 Å². The molecule has 2 aliphatic rings. The molecule has 0 N–H and O–H groups in total. The van der Waals surface area contributed by atoms with Gasteiger partial charge in [-0.05, 0) is 40.4 Å². The molecular formula is C44H53IO8Si. The van der Waals surface area contributed by atoms with E-state index < -0.39 is 45.3 Å². The molecule has 0 bridgehead atoms. The number of rotatable bonds is 13. The van der Waals surface area contributed by atoms with Gasteiger partial charge in [0, 0.05) is 13.3 Å². The van der Waals surface area contributed by atoms with Crippen molar-refractivity contribution in [1.29, 1.82) is 0 Å². The van der Waals surface area contributed by atoms with E-state index in [0.29, 0.717) is 19.6 Å². The summed E-state index contributed by atoms with van der Waals surface area (Å²) < 4.78 is 46.4. The summed E-state index contributed by atoms with van der Waals surface area (Å²) in [5.74, 6) is -0.389. The second-order valence-corrected chi connectivity index (χ2v) is 20.9. The Morgan fingerprint density at radius 2 is 1.19 bits per heavy atom. The molecular weight excluding hydrogens is 811 g/mol. The largest absolute Gasteiger partial charge is 0.457 e. The predicted octanol–water partition coefficient (Wildman–Crippen LogP) is 7.73. The van der Waals surface area contributed by atoms with Gasteiger partial charge in [-0.25, -0.2) is 0 Å². The van der Waals surface area contributed by atoms with Crippen LogP contribution < -0.4 is 10.4 Å². The molecule has 0 unspecified atom stereocenters. The van der Waals surface area contributed by atoms with Crippen LogP contribution in [-0.2, 0) is 50.9 Å². The van der Waals surface area contributed by atoms with Gasteiger partial charge < -0.3 is 32.8 Å². The summed E-state index contributed by atoms with van der Waals surface area (Å²) in [7, 11) is -3.08. The van der Waals surface area contributed by atoms with Gasteiger partial charge in [-0.15, -0.1) is 0 Å². The minimum atomic E-state index is -3.08. The summed E-state index contributed by atoms with van der Waals surface area (Å²) in [5, 5.41) is 1.97. The molecule has 9 atom stereocenters. The number of carbonyl (C=O) groups excluding carboxylic acids is 1. The molecule has 54 heavy (non-hydrogen) atoms. The van der Waals surface area contributed by atoms with E-state index in [1.165, 1.54) is 6.92 Å². The smallest absolute Gasteiger partial charge is 0.303 e. The van der Waals surface area contributed by atoms with Crippen LogP contribution in [0.2, 0.25) is 5.04 Å². The van der Waals surface area contributed by atoms with Crippen molar-refractivity contribution in [2.24, 2.45) is 0 Å². The summed E-state index contributed by atoms with van der Waals surface area (Å²) in [6.45, 7) is 12.9. The fourth-order valence-corrected chi connectivity index (χ4v) is 13.5. The topological polar surface area (TPSA) is 81.7 Å². The van der Waals surface area contributed by atoms with Crippen LogP contribution in [0, 0.1) is 0 Å². The first-order chi connectivity index (χ1) is 26.0. The highest BCUT2D eigenvalue weighted by Crippen LogP contribution is 2.42. The number of ether oxygens (including phenoxy) is 6. The van der Waals surface area contributed by atoms with Gasteiger partial charge in [0.2, 0.25) is 0 Å². The molecule has 10 heteroatoms. The number of alkyl halides is 1. The van der Waals surface area contributed by atoms with E-state index in [-0.39, 0.29) is 27.1 Å². The Kier molecular flexibility index (Phi) is 13.8. The summed E-state index contributed by atoms with van der Waals surface area (Å²) in [5.41, 5.74) is 2.13. The van der Waals surface area contributed by atoms with Gasteiger partial charge in [0.1, 0.15) is 12.2 Å². The highest BCUT2D eigenvalue weighted by Gasteiger charge is 2.57. The minimum Gasteiger partial charge on any atom is -0.457 e. The third kappa shape index (κ3) is 9.53. The zero-order valence-electron chi connectivity index (χ0n) is 32.0. The lowest BCUT2D eigenvalue weighted by Gasteiger charge is -2.51. The van der Waals surface area contributed by atoms with E-state index in [1.807, 2.05) is 74.5 Å². The van der Waals surface area contributed by atoms with E-state index in [2.05, 4.69) is 104 Å². The van der Waals surface area contributed by atoms with Gasteiger partial charge in [0.15, 0.2) is 18.7 Å².